The van der Waals surface area contributed by atoms with Gasteiger partial charge in [0, 0.05) is 35.8 Å². The molecule has 2 aromatic carbocycles. The second kappa shape index (κ2) is 6.87. The number of amides is 1. The van der Waals surface area contributed by atoms with Crippen LogP contribution in [0.25, 0.3) is 0 Å². The number of nitrogen functional groups attached to an aromatic ring is 1. The molecule has 0 spiro atoms. The van der Waals surface area contributed by atoms with Crippen molar-refractivity contribution in [3.8, 4) is 0 Å². The zero-order chi connectivity index (χ0) is 17.1. The summed E-state index contributed by atoms with van der Waals surface area (Å²) in [5, 5.41) is 0. The number of anilines is 1. The predicted octanol–water partition coefficient (Wildman–Crippen LogP) is 3.31. The molecule has 124 valence electrons. The largest absolute Gasteiger partial charge is 0.399 e. The highest BCUT2D eigenvalue weighted by molar-refractivity contribution is 5.99. The smallest absolute Gasteiger partial charge is 0.254 e. The third-order valence-electron chi connectivity index (χ3n) is 4.70. The third-order valence-corrected chi connectivity index (χ3v) is 4.70. The number of Topliss-reactive ketones (excluding diaryl/α,β-unsaturated/α-hetero) is 1. The Labute approximate surface area is 142 Å². The molecule has 1 aliphatic heterocycles. The van der Waals surface area contributed by atoms with E-state index in [9.17, 15) is 9.59 Å². The zero-order valence-corrected chi connectivity index (χ0v) is 13.9. The first-order valence-electron chi connectivity index (χ1n) is 8.31. The number of hydrogen-bond acceptors (Lipinski definition) is 3. The van der Waals surface area contributed by atoms with E-state index in [1.54, 1.807) is 12.1 Å². The lowest BCUT2D eigenvalue weighted by atomic mass is 9.88. The molecular formula is C20H22N2O2. The second-order valence-electron chi connectivity index (χ2n) is 6.37. The fourth-order valence-corrected chi connectivity index (χ4v) is 3.22. The molecule has 2 aromatic rings. The van der Waals surface area contributed by atoms with Gasteiger partial charge in [-0.15, -0.1) is 0 Å². The van der Waals surface area contributed by atoms with Gasteiger partial charge >= 0.3 is 0 Å². The quantitative estimate of drug-likeness (QED) is 0.696. The molecule has 0 unspecified atom stereocenters. The van der Waals surface area contributed by atoms with E-state index in [2.05, 4.69) is 0 Å². The summed E-state index contributed by atoms with van der Waals surface area (Å²) in [7, 11) is 0. The van der Waals surface area contributed by atoms with Gasteiger partial charge in [0.15, 0.2) is 5.78 Å². The van der Waals surface area contributed by atoms with Crippen LogP contribution in [0.3, 0.4) is 0 Å². The van der Waals surface area contributed by atoms with E-state index in [-0.39, 0.29) is 17.6 Å². The molecule has 24 heavy (non-hydrogen) atoms. The van der Waals surface area contributed by atoms with Gasteiger partial charge in [0.05, 0.1) is 0 Å². The standard InChI is InChI=1S/C20H22N2O2/c1-14-7-8-17(21)13-18(14)20(24)22-11-9-16(10-12-22)19(23)15-5-3-2-4-6-15/h2-8,13,16H,9-12,21H2,1H3. The van der Waals surface area contributed by atoms with Gasteiger partial charge in [0.25, 0.3) is 5.91 Å². The normalized spacial score (nSPS) is 15.3. The number of benzene rings is 2. The number of carbonyl (C=O) groups is 2. The predicted molar refractivity (Wildman–Crippen MR) is 95.0 cm³/mol. The molecule has 1 fully saturated rings. The van der Waals surface area contributed by atoms with Crippen LogP contribution in [-0.2, 0) is 0 Å². The minimum Gasteiger partial charge on any atom is -0.399 e. The van der Waals surface area contributed by atoms with Crippen molar-refractivity contribution >= 4 is 17.4 Å². The van der Waals surface area contributed by atoms with Crippen molar-refractivity contribution in [2.24, 2.45) is 5.92 Å². The number of rotatable bonds is 3. The molecule has 4 heteroatoms. The van der Waals surface area contributed by atoms with E-state index in [4.69, 9.17) is 5.73 Å². The molecule has 0 aliphatic carbocycles. The van der Waals surface area contributed by atoms with Gasteiger partial charge < -0.3 is 10.6 Å². The summed E-state index contributed by atoms with van der Waals surface area (Å²) in [6.45, 7) is 3.13. The molecule has 3 rings (SSSR count). The van der Waals surface area contributed by atoms with Crippen molar-refractivity contribution in [1.82, 2.24) is 4.90 Å². The minimum absolute atomic E-state index is 0.00149. The number of hydrogen-bond donors (Lipinski definition) is 1. The van der Waals surface area contributed by atoms with E-state index < -0.39 is 0 Å². The Bertz CT molecular complexity index is 747. The Hall–Kier alpha value is -2.62. The molecule has 0 bridgehead atoms. The summed E-state index contributed by atoms with van der Waals surface area (Å²) in [5.41, 5.74) is 8.74. The molecule has 2 N–H and O–H groups in total. The summed E-state index contributed by atoms with van der Waals surface area (Å²) in [6, 6.07) is 14.8. The van der Waals surface area contributed by atoms with Crippen LogP contribution in [0.15, 0.2) is 48.5 Å². The number of ketones is 1. The molecule has 4 nitrogen and oxygen atoms in total. The molecule has 0 aromatic heterocycles. The van der Waals surface area contributed by atoms with E-state index in [0.29, 0.717) is 37.2 Å². The molecule has 1 amide bonds. The van der Waals surface area contributed by atoms with Crippen LogP contribution in [-0.4, -0.2) is 29.7 Å². The number of nitrogens with two attached hydrogens (primary N) is 1. The lowest BCUT2D eigenvalue weighted by Gasteiger charge is -2.31. The van der Waals surface area contributed by atoms with E-state index >= 15 is 0 Å². The maximum atomic E-state index is 12.7. The van der Waals surface area contributed by atoms with E-state index in [1.165, 1.54) is 0 Å². The van der Waals surface area contributed by atoms with Gasteiger partial charge in [-0.05, 0) is 37.5 Å². The third kappa shape index (κ3) is 3.32. The Kier molecular flexibility index (Phi) is 4.65. The van der Waals surface area contributed by atoms with Crippen LogP contribution < -0.4 is 5.73 Å². The van der Waals surface area contributed by atoms with Gasteiger partial charge in [-0.25, -0.2) is 0 Å². The van der Waals surface area contributed by atoms with Crippen molar-refractivity contribution in [1.29, 1.82) is 0 Å². The van der Waals surface area contributed by atoms with Crippen LogP contribution in [0.5, 0.6) is 0 Å². The maximum absolute atomic E-state index is 12.7. The highest BCUT2D eigenvalue weighted by Gasteiger charge is 2.28. The molecule has 1 aliphatic rings. The van der Waals surface area contributed by atoms with Crippen LogP contribution >= 0.6 is 0 Å². The summed E-state index contributed by atoms with van der Waals surface area (Å²) in [5.74, 6) is 0.187. The molecule has 1 heterocycles. The van der Waals surface area contributed by atoms with Crippen molar-refractivity contribution < 1.29 is 9.59 Å². The monoisotopic (exact) mass is 322 g/mol. The van der Waals surface area contributed by atoms with Gasteiger partial charge in [-0.3, -0.25) is 9.59 Å². The summed E-state index contributed by atoms with van der Waals surface area (Å²) >= 11 is 0. The molecule has 0 saturated carbocycles. The average molecular weight is 322 g/mol. The van der Waals surface area contributed by atoms with Gasteiger partial charge in [-0.2, -0.15) is 0 Å². The first kappa shape index (κ1) is 16.2. The summed E-state index contributed by atoms with van der Waals surface area (Å²) in [6.07, 6.45) is 1.42. The lowest BCUT2D eigenvalue weighted by Crippen LogP contribution is -2.40. The molecule has 0 radical (unpaired) electrons. The van der Waals surface area contributed by atoms with Crippen molar-refractivity contribution in [2.75, 3.05) is 18.8 Å². The molecular weight excluding hydrogens is 300 g/mol. The number of likely N-dealkylation sites (tertiary alicyclic amines) is 1. The number of nitrogens with zero attached hydrogens (tertiary/aromatic N) is 1. The van der Waals surface area contributed by atoms with Crippen LogP contribution in [0, 0.1) is 12.8 Å². The number of piperidine rings is 1. The van der Waals surface area contributed by atoms with E-state index in [0.717, 1.165) is 11.1 Å². The first-order valence-corrected chi connectivity index (χ1v) is 8.31. The Morgan fingerprint density at radius 1 is 1.04 bits per heavy atom. The van der Waals surface area contributed by atoms with Gasteiger partial charge in [0.2, 0.25) is 0 Å². The SMILES string of the molecule is Cc1ccc(N)cc1C(=O)N1CCC(C(=O)c2ccccc2)CC1. The van der Waals surface area contributed by atoms with Crippen LogP contribution in [0.2, 0.25) is 0 Å². The highest BCUT2D eigenvalue weighted by atomic mass is 16.2. The average Bonchev–Trinajstić information content (AvgIpc) is 2.63. The van der Waals surface area contributed by atoms with Crippen molar-refractivity contribution in [3.63, 3.8) is 0 Å². The number of carbonyl (C=O) groups excluding carboxylic acids is 2. The Balaban J connectivity index is 1.66. The van der Waals surface area contributed by atoms with Crippen LogP contribution in [0.4, 0.5) is 5.69 Å². The van der Waals surface area contributed by atoms with Crippen LogP contribution in [0.1, 0.15) is 39.1 Å². The second-order valence-corrected chi connectivity index (χ2v) is 6.37. The lowest BCUT2D eigenvalue weighted by molar-refractivity contribution is 0.0650. The minimum atomic E-state index is -0.00149. The molecule has 1 saturated heterocycles. The maximum Gasteiger partial charge on any atom is 0.254 e. The van der Waals surface area contributed by atoms with Crippen molar-refractivity contribution in [2.45, 2.75) is 19.8 Å². The summed E-state index contributed by atoms with van der Waals surface area (Å²) in [4.78, 5) is 27.1. The zero-order valence-electron chi connectivity index (χ0n) is 13.9. The summed E-state index contributed by atoms with van der Waals surface area (Å²) < 4.78 is 0. The fraction of sp³-hybridized carbons (Fsp3) is 0.300. The Morgan fingerprint density at radius 3 is 2.38 bits per heavy atom. The fourth-order valence-electron chi connectivity index (χ4n) is 3.22. The molecule has 0 atom stereocenters. The van der Waals surface area contributed by atoms with Gasteiger partial charge in [-0.1, -0.05) is 36.4 Å². The van der Waals surface area contributed by atoms with Crippen molar-refractivity contribution in [3.05, 3.63) is 65.2 Å². The first-order chi connectivity index (χ1) is 11.6. The number of aryl methyl sites for hydroxylation is 1. The highest BCUT2D eigenvalue weighted by Crippen LogP contribution is 2.24. The van der Waals surface area contributed by atoms with Gasteiger partial charge in [0.1, 0.15) is 0 Å². The van der Waals surface area contributed by atoms with E-state index in [1.807, 2.05) is 48.2 Å². The topological polar surface area (TPSA) is 63.4 Å². The Morgan fingerprint density at radius 2 is 1.71 bits per heavy atom.